The lowest BCUT2D eigenvalue weighted by Crippen LogP contribution is -2.28. The van der Waals surface area contributed by atoms with Gasteiger partial charge in [0.1, 0.15) is 5.75 Å². The minimum Gasteiger partial charge on any atom is -0.497 e. The highest BCUT2D eigenvalue weighted by atomic mass is 16.5. The summed E-state index contributed by atoms with van der Waals surface area (Å²) in [7, 11) is 4.77. The second-order valence-electron chi connectivity index (χ2n) is 5.28. The van der Waals surface area contributed by atoms with Gasteiger partial charge in [0.2, 0.25) is 0 Å². The van der Waals surface area contributed by atoms with E-state index in [1.165, 1.54) is 0 Å². The summed E-state index contributed by atoms with van der Waals surface area (Å²) in [5, 5.41) is 3.05. The van der Waals surface area contributed by atoms with Crippen molar-refractivity contribution in [1.29, 1.82) is 0 Å². The van der Waals surface area contributed by atoms with Crippen LogP contribution in [0.2, 0.25) is 0 Å². The summed E-state index contributed by atoms with van der Waals surface area (Å²) in [6.07, 6.45) is 0.755. The van der Waals surface area contributed by atoms with E-state index in [4.69, 9.17) is 14.2 Å². The third-order valence-corrected chi connectivity index (χ3v) is 3.86. The Kier molecular flexibility index (Phi) is 6.07. The fourth-order valence-corrected chi connectivity index (χ4v) is 2.50. The second-order valence-corrected chi connectivity index (χ2v) is 5.28. The van der Waals surface area contributed by atoms with Crippen molar-refractivity contribution < 1.29 is 19.0 Å². The molecule has 0 aliphatic carbocycles. The number of nitrogens with one attached hydrogen (secondary N) is 1. The third kappa shape index (κ3) is 3.98. The maximum absolute atomic E-state index is 12.5. The average Bonchev–Trinajstić information content (AvgIpc) is 2.65. The number of methoxy groups -OCH3 is 3. The van der Waals surface area contributed by atoms with Crippen molar-refractivity contribution in [3.63, 3.8) is 0 Å². The molecule has 0 radical (unpaired) electrons. The van der Waals surface area contributed by atoms with Crippen LogP contribution in [-0.2, 0) is 0 Å². The molecule has 0 saturated carbocycles. The van der Waals surface area contributed by atoms with Gasteiger partial charge in [-0.05, 0) is 42.3 Å². The molecule has 2 aromatic carbocycles. The molecular weight excluding hydrogens is 306 g/mol. The van der Waals surface area contributed by atoms with Gasteiger partial charge in [-0.15, -0.1) is 0 Å². The highest BCUT2D eigenvalue weighted by Gasteiger charge is 2.16. The number of rotatable bonds is 7. The summed E-state index contributed by atoms with van der Waals surface area (Å²) in [5.74, 6) is 1.82. The van der Waals surface area contributed by atoms with E-state index in [-0.39, 0.29) is 11.9 Å². The number of benzene rings is 2. The molecule has 2 aromatic rings. The normalized spacial score (nSPS) is 11.5. The zero-order valence-corrected chi connectivity index (χ0v) is 14.5. The van der Waals surface area contributed by atoms with E-state index in [2.05, 4.69) is 5.32 Å². The van der Waals surface area contributed by atoms with E-state index in [0.717, 1.165) is 12.0 Å². The van der Waals surface area contributed by atoms with E-state index in [9.17, 15) is 4.79 Å². The van der Waals surface area contributed by atoms with Crippen LogP contribution in [0, 0.1) is 0 Å². The molecule has 2 rings (SSSR count). The van der Waals surface area contributed by atoms with E-state index in [1.807, 2.05) is 31.2 Å². The fraction of sp³-hybridized carbons (Fsp3) is 0.316. The largest absolute Gasteiger partial charge is 0.497 e. The van der Waals surface area contributed by atoms with Crippen molar-refractivity contribution in [3.05, 3.63) is 53.6 Å². The Hall–Kier alpha value is -2.69. The van der Waals surface area contributed by atoms with Crippen LogP contribution in [0.4, 0.5) is 0 Å². The Balaban J connectivity index is 2.21. The van der Waals surface area contributed by atoms with Gasteiger partial charge in [-0.25, -0.2) is 0 Å². The molecule has 0 heterocycles. The predicted octanol–water partition coefficient (Wildman–Crippen LogP) is 3.59. The van der Waals surface area contributed by atoms with Gasteiger partial charge in [-0.2, -0.15) is 0 Å². The van der Waals surface area contributed by atoms with Crippen molar-refractivity contribution >= 4 is 5.91 Å². The Morgan fingerprint density at radius 3 is 2.38 bits per heavy atom. The number of amides is 1. The summed E-state index contributed by atoms with van der Waals surface area (Å²) in [5.41, 5.74) is 1.53. The quantitative estimate of drug-likeness (QED) is 0.843. The summed E-state index contributed by atoms with van der Waals surface area (Å²) < 4.78 is 15.8. The maximum Gasteiger partial charge on any atom is 0.251 e. The standard InChI is InChI=1S/C19H23NO4/c1-5-16(13-9-10-17(23-3)18(12-13)24-4)20-19(21)14-7-6-8-15(11-14)22-2/h6-12,16H,5H2,1-4H3,(H,20,21)/t16-/m1/s1. The Bertz CT molecular complexity index is 700. The molecule has 0 aromatic heterocycles. The number of ether oxygens (including phenoxy) is 3. The zero-order valence-electron chi connectivity index (χ0n) is 14.5. The first-order valence-electron chi connectivity index (χ1n) is 7.79. The highest BCUT2D eigenvalue weighted by Crippen LogP contribution is 2.31. The van der Waals surface area contributed by atoms with Gasteiger partial charge in [0.05, 0.1) is 27.4 Å². The van der Waals surface area contributed by atoms with Crippen LogP contribution in [-0.4, -0.2) is 27.2 Å². The molecule has 1 atom stereocenters. The van der Waals surface area contributed by atoms with E-state index < -0.39 is 0 Å². The number of carbonyl (C=O) groups is 1. The van der Waals surface area contributed by atoms with Crippen molar-refractivity contribution in [2.75, 3.05) is 21.3 Å². The Labute approximate surface area is 142 Å². The Morgan fingerprint density at radius 2 is 1.75 bits per heavy atom. The number of hydrogen-bond acceptors (Lipinski definition) is 4. The van der Waals surface area contributed by atoms with Gasteiger partial charge in [-0.3, -0.25) is 4.79 Å². The molecular formula is C19H23NO4. The summed E-state index contributed by atoms with van der Waals surface area (Å²) in [6.45, 7) is 2.02. The lowest BCUT2D eigenvalue weighted by atomic mass is 10.0. The topological polar surface area (TPSA) is 56.8 Å². The SMILES string of the molecule is CC[C@@H](NC(=O)c1cccc(OC)c1)c1ccc(OC)c(OC)c1. The van der Waals surface area contributed by atoms with Crippen LogP contribution >= 0.6 is 0 Å². The first-order valence-corrected chi connectivity index (χ1v) is 7.79. The second kappa shape index (κ2) is 8.24. The van der Waals surface area contributed by atoms with Crippen molar-refractivity contribution in [2.24, 2.45) is 0 Å². The zero-order chi connectivity index (χ0) is 17.5. The molecule has 5 nitrogen and oxygen atoms in total. The van der Waals surface area contributed by atoms with Gasteiger partial charge in [0, 0.05) is 5.56 Å². The first kappa shape index (κ1) is 17.7. The van der Waals surface area contributed by atoms with Crippen molar-refractivity contribution in [2.45, 2.75) is 19.4 Å². The maximum atomic E-state index is 12.5. The van der Waals surface area contributed by atoms with Crippen LogP contribution in [0.1, 0.15) is 35.3 Å². The monoisotopic (exact) mass is 329 g/mol. The molecule has 1 amide bonds. The molecule has 1 N–H and O–H groups in total. The third-order valence-electron chi connectivity index (χ3n) is 3.86. The lowest BCUT2D eigenvalue weighted by Gasteiger charge is -2.19. The fourth-order valence-electron chi connectivity index (χ4n) is 2.50. The molecule has 0 aliphatic heterocycles. The minimum absolute atomic E-state index is 0.122. The minimum atomic E-state index is -0.143. The summed E-state index contributed by atoms with van der Waals surface area (Å²) in [4.78, 5) is 12.5. The molecule has 24 heavy (non-hydrogen) atoms. The molecule has 0 saturated heterocycles. The summed E-state index contributed by atoms with van der Waals surface area (Å²) in [6, 6.07) is 12.6. The summed E-state index contributed by atoms with van der Waals surface area (Å²) >= 11 is 0. The smallest absolute Gasteiger partial charge is 0.251 e. The van der Waals surface area contributed by atoms with Crippen LogP contribution in [0.15, 0.2) is 42.5 Å². The van der Waals surface area contributed by atoms with Crippen molar-refractivity contribution in [1.82, 2.24) is 5.32 Å². The molecule has 5 heteroatoms. The van der Waals surface area contributed by atoms with Gasteiger partial charge >= 0.3 is 0 Å². The predicted molar refractivity (Wildman–Crippen MR) is 93.0 cm³/mol. The average molecular weight is 329 g/mol. The van der Waals surface area contributed by atoms with Crippen LogP contribution in [0.3, 0.4) is 0 Å². The van der Waals surface area contributed by atoms with Gasteiger partial charge in [-0.1, -0.05) is 19.1 Å². The number of carbonyl (C=O) groups excluding carboxylic acids is 1. The highest BCUT2D eigenvalue weighted by molar-refractivity contribution is 5.94. The molecule has 0 unspecified atom stereocenters. The first-order chi connectivity index (χ1) is 11.6. The van der Waals surface area contributed by atoms with E-state index in [0.29, 0.717) is 22.8 Å². The molecule has 0 fully saturated rings. The van der Waals surface area contributed by atoms with Gasteiger partial charge in [0.15, 0.2) is 11.5 Å². The molecule has 0 bridgehead atoms. The lowest BCUT2D eigenvalue weighted by molar-refractivity contribution is 0.0935. The van der Waals surface area contributed by atoms with Crippen molar-refractivity contribution in [3.8, 4) is 17.2 Å². The van der Waals surface area contributed by atoms with Crippen LogP contribution in [0.25, 0.3) is 0 Å². The van der Waals surface area contributed by atoms with Crippen LogP contribution in [0.5, 0.6) is 17.2 Å². The molecule has 0 spiro atoms. The van der Waals surface area contributed by atoms with E-state index >= 15 is 0 Å². The Morgan fingerprint density at radius 1 is 1.00 bits per heavy atom. The van der Waals surface area contributed by atoms with Gasteiger partial charge < -0.3 is 19.5 Å². The molecule has 0 aliphatic rings. The molecule has 128 valence electrons. The van der Waals surface area contributed by atoms with Gasteiger partial charge in [0.25, 0.3) is 5.91 Å². The van der Waals surface area contributed by atoms with Crippen LogP contribution < -0.4 is 19.5 Å². The van der Waals surface area contributed by atoms with E-state index in [1.54, 1.807) is 39.5 Å². The number of hydrogen-bond donors (Lipinski definition) is 1.